The van der Waals surface area contributed by atoms with Gasteiger partial charge in [-0.25, -0.2) is 4.79 Å². The lowest BCUT2D eigenvalue weighted by Crippen LogP contribution is -2.16. The van der Waals surface area contributed by atoms with Gasteiger partial charge >= 0.3 is 11.9 Å². The second kappa shape index (κ2) is 2.74. The molecule has 0 spiro atoms. The fraction of sp³-hybridized carbons (Fsp3) is 0.429. The number of allylic oxidation sites excluding steroid dienone is 1. The van der Waals surface area contributed by atoms with Gasteiger partial charge in [-0.1, -0.05) is 0 Å². The van der Waals surface area contributed by atoms with E-state index in [9.17, 15) is 9.59 Å². The molecule has 60 valence electrons. The molecule has 1 aliphatic rings. The van der Waals surface area contributed by atoms with Crippen LogP contribution in [0.3, 0.4) is 0 Å². The number of carbonyl (C=O) groups excluding carboxylic acids is 1. The van der Waals surface area contributed by atoms with Gasteiger partial charge in [0.2, 0.25) is 0 Å². The van der Waals surface area contributed by atoms with Crippen molar-refractivity contribution in [2.45, 2.75) is 19.8 Å². The molecule has 0 saturated heterocycles. The van der Waals surface area contributed by atoms with E-state index >= 15 is 0 Å². The summed E-state index contributed by atoms with van der Waals surface area (Å²) in [6, 6.07) is 0. The van der Waals surface area contributed by atoms with Crippen LogP contribution in [0.15, 0.2) is 11.3 Å². The standard InChI is InChI=1S/C7H8O4/c1-4(8)11-6-3-2-5(6)7(9)10/h2-3H2,1H3,(H,9,10). The van der Waals surface area contributed by atoms with Gasteiger partial charge in [0, 0.05) is 13.3 Å². The summed E-state index contributed by atoms with van der Waals surface area (Å²) in [6.07, 6.45) is 1.05. The molecule has 0 aliphatic heterocycles. The van der Waals surface area contributed by atoms with Crippen molar-refractivity contribution < 1.29 is 19.4 Å². The number of hydrogen-bond acceptors (Lipinski definition) is 3. The molecule has 4 nitrogen and oxygen atoms in total. The second-order valence-electron chi connectivity index (χ2n) is 2.30. The van der Waals surface area contributed by atoms with Gasteiger partial charge in [-0.2, -0.15) is 0 Å². The van der Waals surface area contributed by atoms with E-state index in [1.165, 1.54) is 6.92 Å². The number of ether oxygens (including phenoxy) is 1. The molecule has 0 fully saturated rings. The molecule has 0 heterocycles. The van der Waals surface area contributed by atoms with E-state index in [0.29, 0.717) is 18.6 Å². The van der Waals surface area contributed by atoms with Gasteiger partial charge in [-0.15, -0.1) is 0 Å². The van der Waals surface area contributed by atoms with Crippen molar-refractivity contribution in [3.63, 3.8) is 0 Å². The first-order chi connectivity index (χ1) is 5.11. The molecular weight excluding hydrogens is 148 g/mol. The van der Waals surface area contributed by atoms with Crippen LogP contribution in [0, 0.1) is 0 Å². The Kier molecular flexibility index (Phi) is 1.94. The Hall–Kier alpha value is -1.32. The lowest BCUT2D eigenvalue weighted by atomic mass is 9.96. The molecule has 0 aromatic rings. The van der Waals surface area contributed by atoms with E-state index in [0.717, 1.165) is 0 Å². The normalized spacial score (nSPS) is 15.7. The Labute approximate surface area is 63.5 Å². The second-order valence-corrected chi connectivity index (χ2v) is 2.30. The molecule has 1 aliphatic carbocycles. The van der Waals surface area contributed by atoms with Crippen LogP contribution in [0.25, 0.3) is 0 Å². The largest absolute Gasteiger partial charge is 0.478 e. The molecule has 11 heavy (non-hydrogen) atoms. The molecule has 4 heteroatoms. The van der Waals surface area contributed by atoms with Crippen molar-refractivity contribution in [3.8, 4) is 0 Å². The minimum absolute atomic E-state index is 0.222. The highest BCUT2D eigenvalue weighted by Gasteiger charge is 2.25. The summed E-state index contributed by atoms with van der Waals surface area (Å²) in [7, 11) is 0. The predicted octanol–water partition coefficient (Wildman–Crippen LogP) is 0.682. The fourth-order valence-electron chi connectivity index (χ4n) is 0.864. The zero-order chi connectivity index (χ0) is 8.43. The Morgan fingerprint density at radius 1 is 1.45 bits per heavy atom. The summed E-state index contributed by atoms with van der Waals surface area (Å²) in [5.74, 6) is -1.14. The highest BCUT2D eigenvalue weighted by Crippen LogP contribution is 2.28. The number of rotatable bonds is 2. The molecule has 0 saturated carbocycles. The SMILES string of the molecule is CC(=O)OC1=C(C(=O)O)CC1. The van der Waals surface area contributed by atoms with Gasteiger partial charge in [0.1, 0.15) is 5.76 Å². The van der Waals surface area contributed by atoms with Crippen LogP contribution in [0.5, 0.6) is 0 Å². The van der Waals surface area contributed by atoms with Crippen molar-refractivity contribution in [3.05, 3.63) is 11.3 Å². The molecule has 0 atom stereocenters. The lowest BCUT2D eigenvalue weighted by Gasteiger charge is -2.18. The third-order valence-electron chi connectivity index (χ3n) is 1.46. The summed E-state index contributed by atoms with van der Waals surface area (Å²) in [4.78, 5) is 20.7. The number of carboxylic acids is 1. The van der Waals surface area contributed by atoms with Crippen LogP contribution in [0.2, 0.25) is 0 Å². The average Bonchev–Trinajstić information content (AvgIpc) is 1.78. The molecule has 0 bridgehead atoms. The van der Waals surface area contributed by atoms with E-state index in [-0.39, 0.29) is 5.57 Å². The van der Waals surface area contributed by atoms with Crippen LogP contribution in [-0.2, 0) is 14.3 Å². The summed E-state index contributed by atoms with van der Waals surface area (Å²) in [5.41, 5.74) is 0.222. The minimum atomic E-state index is -0.993. The molecule has 0 aromatic carbocycles. The number of esters is 1. The predicted molar refractivity (Wildman–Crippen MR) is 35.7 cm³/mol. The number of aliphatic carboxylic acids is 1. The monoisotopic (exact) mass is 156 g/mol. The first kappa shape index (κ1) is 7.78. The van der Waals surface area contributed by atoms with E-state index in [1.807, 2.05) is 0 Å². The Morgan fingerprint density at radius 2 is 2.09 bits per heavy atom. The van der Waals surface area contributed by atoms with E-state index in [4.69, 9.17) is 5.11 Å². The van der Waals surface area contributed by atoms with E-state index < -0.39 is 11.9 Å². The first-order valence-electron chi connectivity index (χ1n) is 3.25. The molecule has 0 amide bonds. The van der Waals surface area contributed by atoms with Crippen molar-refractivity contribution in [2.75, 3.05) is 0 Å². The minimum Gasteiger partial charge on any atom is -0.478 e. The molecule has 1 N–H and O–H groups in total. The van der Waals surface area contributed by atoms with E-state index in [2.05, 4.69) is 4.74 Å². The summed E-state index contributed by atoms with van der Waals surface area (Å²) >= 11 is 0. The van der Waals surface area contributed by atoms with E-state index in [1.54, 1.807) is 0 Å². The maximum atomic E-state index is 10.4. The zero-order valence-electron chi connectivity index (χ0n) is 6.09. The molecule has 0 radical (unpaired) electrons. The van der Waals surface area contributed by atoms with Gasteiger partial charge in [0.25, 0.3) is 0 Å². The highest BCUT2D eigenvalue weighted by atomic mass is 16.5. The van der Waals surface area contributed by atoms with Gasteiger partial charge in [0.15, 0.2) is 0 Å². The molecule has 0 aromatic heterocycles. The summed E-state index contributed by atoms with van der Waals surface area (Å²) < 4.78 is 4.62. The summed E-state index contributed by atoms with van der Waals surface area (Å²) in [6.45, 7) is 1.25. The van der Waals surface area contributed by atoms with Crippen molar-refractivity contribution >= 4 is 11.9 Å². The summed E-state index contributed by atoms with van der Waals surface area (Å²) in [5, 5.41) is 8.47. The topological polar surface area (TPSA) is 63.6 Å². The zero-order valence-corrected chi connectivity index (χ0v) is 6.09. The molecule has 1 rings (SSSR count). The van der Waals surface area contributed by atoms with Crippen LogP contribution >= 0.6 is 0 Å². The maximum Gasteiger partial charge on any atom is 0.335 e. The number of hydrogen-bond donors (Lipinski definition) is 1. The van der Waals surface area contributed by atoms with Crippen molar-refractivity contribution in [1.82, 2.24) is 0 Å². The van der Waals surface area contributed by atoms with Crippen molar-refractivity contribution in [1.29, 1.82) is 0 Å². The van der Waals surface area contributed by atoms with Crippen LogP contribution < -0.4 is 0 Å². The Morgan fingerprint density at radius 3 is 2.36 bits per heavy atom. The van der Waals surface area contributed by atoms with Gasteiger partial charge in [0.05, 0.1) is 5.57 Å². The average molecular weight is 156 g/mol. The van der Waals surface area contributed by atoms with Gasteiger partial charge in [-0.05, 0) is 6.42 Å². The third-order valence-corrected chi connectivity index (χ3v) is 1.46. The number of carbonyl (C=O) groups is 2. The van der Waals surface area contributed by atoms with Crippen LogP contribution in [0.1, 0.15) is 19.8 Å². The Bertz CT molecular complexity index is 239. The highest BCUT2D eigenvalue weighted by molar-refractivity contribution is 5.89. The molecule has 0 unspecified atom stereocenters. The van der Waals surface area contributed by atoms with Gasteiger partial charge in [-0.3, -0.25) is 4.79 Å². The third kappa shape index (κ3) is 1.58. The number of carboxylic acid groups (broad SMARTS) is 1. The quantitative estimate of drug-likeness (QED) is 0.597. The van der Waals surface area contributed by atoms with Gasteiger partial charge < -0.3 is 9.84 Å². The van der Waals surface area contributed by atoms with Crippen molar-refractivity contribution in [2.24, 2.45) is 0 Å². The first-order valence-corrected chi connectivity index (χ1v) is 3.25. The smallest absolute Gasteiger partial charge is 0.335 e. The van der Waals surface area contributed by atoms with Crippen LogP contribution in [-0.4, -0.2) is 17.0 Å². The maximum absolute atomic E-state index is 10.4. The van der Waals surface area contributed by atoms with Crippen LogP contribution in [0.4, 0.5) is 0 Å². The molecular formula is C7H8O4. The fourth-order valence-corrected chi connectivity index (χ4v) is 0.864. The Balaban J connectivity index is 2.65. The lowest BCUT2D eigenvalue weighted by molar-refractivity contribution is -0.138.